The van der Waals surface area contributed by atoms with E-state index in [1.807, 2.05) is 18.2 Å². The Hall–Kier alpha value is -2.34. The van der Waals surface area contributed by atoms with Crippen LogP contribution in [0.4, 0.5) is 11.8 Å². The lowest BCUT2D eigenvalue weighted by Gasteiger charge is -2.08. The first-order chi connectivity index (χ1) is 10.8. The minimum absolute atomic E-state index is 0.621. The zero-order chi connectivity index (χ0) is 15.6. The van der Waals surface area contributed by atoms with Gasteiger partial charge in [0.2, 0.25) is 5.95 Å². The van der Waals surface area contributed by atoms with Crippen molar-refractivity contribution in [2.24, 2.45) is 0 Å². The smallest absolute Gasteiger partial charge is 0.224 e. The third-order valence-corrected chi connectivity index (χ3v) is 3.12. The standard InChI is InChI=1S/C16H22N4O2/c1-21-12-11-17-15-8-10-19-16(20-15)18-9-7-13-3-5-14(22-2)6-4-13/h3-6,8,10H,7,9,11-12H2,1-2H3,(H2,17,18,19,20). The lowest BCUT2D eigenvalue weighted by atomic mass is 10.1. The first-order valence-electron chi connectivity index (χ1n) is 7.24. The molecule has 6 heteroatoms. The van der Waals surface area contributed by atoms with Crippen LogP contribution in [-0.4, -0.2) is 43.9 Å². The second-order valence-electron chi connectivity index (χ2n) is 4.71. The maximum Gasteiger partial charge on any atom is 0.224 e. The molecule has 2 rings (SSSR count). The van der Waals surface area contributed by atoms with E-state index in [1.54, 1.807) is 20.4 Å². The lowest BCUT2D eigenvalue weighted by Crippen LogP contribution is -2.12. The van der Waals surface area contributed by atoms with E-state index in [1.165, 1.54) is 5.56 Å². The van der Waals surface area contributed by atoms with Crippen molar-refractivity contribution in [3.05, 3.63) is 42.1 Å². The molecule has 0 atom stereocenters. The van der Waals surface area contributed by atoms with Crippen molar-refractivity contribution in [3.8, 4) is 5.75 Å². The second-order valence-corrected chi connectivity index (χ2v) is 4.71. The Labute approximate surface area is 130 Å². The van der Waals surface area contributed by atoms with Crippen LogP contribution in [0.5, 0.6) is 5.75 Å². The Bertz CT molecular complexity index is 560. The fraction of sp³-hybridized carbons (Fsp3) is 0.375. The highest BCUT2D eigenvalue weighted by molar-refractivity contribution is 5.39. The van der Waals surface area contributed by atoms with Gasteiger partial charge in [-0.1, -0.05) is 12.1 Å². The zero-order valence-electron chi connectivity index (χ0n) is 13.0. The predicted molar refractivity (Wildman–Crippen MR) is 87.6 cm³/mol. The highest BCUT2D eigenvalue weighted by Gasteiger charge is 1.99. The molecule has 1 aromatic heterocycles. The fourth-order valence-corrected chi connectivity index (χ4v) is 1.93. The topological polar surface area (TPSA) is 68.3 Å². The van der Waals surface area contributed by atoms with Gasteiger partial charge in [0, 0.05) is 26.4 Å². The van der Waals surface area contributed by atoms with Gasteiger partial charge in [0.15, 0.2) is 0 Å². The summed E-state index contributed by atoms with van der Waals surface area (Å²) in [6, 6.07) is 9.89. The number of methoxy groups -OCH3 is 2. The summed E-state index contributed by atoms with van der Waals surface area (Å²) in [5.74, 6) is 2.28. The maximum atomic E-state index is 5.14. The molecule has 1 heterocycles. The van der Waals surface area contributed by atoms with E-state index in [-0.39, 0.29) is 0 Å². The van der Waals surface area contributed by atoms with Crippen LogP contribution < -0.4 is 15.4 Å². The van der Waals surface area contributed by atoms with Gasteiger partial charge < -0.3 is 20.1 Å². The van der Waals surface area contributed by atoms with E-state index >= 15 is 0 Å². The average molecular weight is 302 g/mol. The molecule has 0 amide bonds. The van der Waals surface area contributed by atoms with E-state index in [0.717, 1.165) is 31.1 Å². The van der Waals surface area contributed by atoms with Crippen molar-refractivity contribution in [3.63, 3.8) is 0 Å². The Kier molecular flexibility index (Phi) is 6.44. The second kappa shape index (κ2) is 8.84. The van der Waals surface area contributed by atoms with Gasteiger partial charge in [0.1, 0.15) is 11.6 Å². The summed E-state index contributed by atoms with van der Waals surface area (Å²) in [6.07, 6.45) is 2.63. The third kappa shape index (κ3) is 5.21. The number of anilines is 2. The van der Waals surface area contributed by atoms with Crippen LogP contribution >= 0.6 is 0 Å². The molecule has 1 aromatic carbocycles. The number of rotatable bonds is 9. The number of nitrogens with zero attached hydrogens (tertiary/aromatic N) is 2. The number of hydrogen-bond donors (Lipinski definition) is 2. The molecule has 0 radical (unpaired) electrons. The number of aromatic nitrogens is 2. The minimum Gasteiger partial charge on any atom is -0.497 e. The molecule has 0 bridgehead atoms. The van der Waals surface area contributed by atoms with Gasteiger partial charge in [-0.3, -0.25) is 0 Å². The molecule has 0 saturated carbocycles. The molecule has 0 fully saturated rings. The molecule has 6 nitrogen and oxygen atoms in total. The number of benzene rings is 1. The summed E-state index contributed by atoms with van der Waals surface area (Å²) in [5.41, 5.74) is 1.24. The van der Waals surface area contributed by atoms with Crippen LogP contribution in [0, 0.1) is 0 Å². The van der Waals surface area contributed by atoms with Gasteiger partial charge in [0.05, 0.1) is 13.7 Å². The highest BCUT2D eigenvalue weighted by atomic mass is 16.5. The van der Waals surface area contributed by atoms with Gasteiger partial charge >= 0.3 is 0 Å². The minimum atomic E-state index is 0.621. The van der Waals surface area contributed by atoms with Crippen molar-refractivity contribution in [2.75, 3.05) is 44.5 Å². The van der Waals surface area contributed by atoms with Crippen LogP contribution in [0.15, 0.2) is 36.5 Å². The summed E-state index contributed by atoms with van der Waals surface area (Å²) in [5, 5.41) is 6.40. The Morgan fingerprint density at radius 3 is 2.55 bits per heavy atom. The van der Waals surface area contributed by atoms with E-state index in [4.69, 9.17) is 9.47 Å². The monoisotopic (exact) mass is 302 g/mol. The van der Waals surface area contributed by atoms with E-state index < -0.39 is 0 Å². The molecule has 22 heavy (non-hydrogen) atoms. The molecule has 2 aromatic rings. The van der Waals surface area contributed by atoms with Gasteiger partial charge in [-0.25, -0.2) is 4.98 Å². The van der Waals surface area contributed by atoms with Gasteiger partial charge in [-0.05, 0) is 30.2 Å². The van der Waals surface area contributed by atoms with Crippen molar-refractivity contribution in [1.82, 2.24) is 9.97 Å². The molecule has 118 valence electrons. The molecular formula is C16H22N4O2. The summed E-state index contributed by atoms with van der Waals surface area (Å²) in [7, 11) is 3.34. The Morgan fingerprint density at radius 1 is 1.00 bits per heavy atom. The summed E-state index contributed by atoms with van der Waals surface area (Å²) < 4.78 is 10.1. The van der Waals surface area contributed by atoms with Gasteiger partial charge in [-0.15, -0.1) is 0 Å². The van der Waals surface area contributed by atoms with Crippen molar-refractivity contribution < 1.29 is 9.47 Å². The average Bonchev–Trinajstić information content (AvgIpc) is 2.56. The number of ether oxygens (including phenoxy) is 2. The molecule has 0 unspecified atom stereocenters. The molecule has 2 N–H and O–H groups in total. The van der Waals surface area contributed by atoms with Crippen molar-refractivity contribution in [2.45, 2.75) is 6.42 Å². The molecule has 0 aliphatic rings. The van der Waals surface area contributed by atoms with Crippen LogP contribution in [0.3, 0.4) is 0 Å². The molecule has 0 spiro atoms. The van der Waals surface area contributed by atoms with Crippen LogP contribution in [0.2, 0.25) is 0 Å². The highest BCUT2D eigenvalue weighted by Crippen LogP contribution is 2.12. The van der Waals surface area contributed by atoms with Crippen LogP contribution in [0.25, 0.3) is 0 Å². The normalized spacial score (nSPS) is 10.3. The van der Waals surface area contributed by atoms with E-state index in [9.17, 15) is 0 Å². The molecule has 0 aliphatic heterocycles. The number of hydrogen-bond acceptors (Lipinski definition) is 6. The van der Waals surface area contributed by atoms with Gasteiger partial charge in [-0.2, -0.15) is 4.98 Å². The first-order valence-corrected chi connectivity index (χ1v) is 7.24. The third-order valence-electron chi connectivity index (χ3n) is 3.12. The maximum absolute atomic E-state index is 5.14. The lowest BCUT2D eigenvalue weighted by molar-refractivity contribution is 0.210. The Balaban J connectivity index is 1.79. The first kappa shape index (κ1) is 16.0. The summed E-state index contributed by atoms with van der Waals surface area (Å²) in [6.45, 7) is 2.14. The summed E-state index contributed by atoms with van der Waals surface area (Å²) >= 11 is 0. The molecule has 0 aliphatic carbocycles. The van der Waals surface area contributed by atoms with Crippen LogP contribution in [0.1, 0.15) is 5.56 Å². The van der Waals surface area contributed by atoms with Crippen molar-refractivity contribution >= 4 is 11.8 Å². The quantitative estimate of drug-likeness (QED) is 0.692. The predicted octanol–water partition coefficient (Wildman–Crippen LogP) is 2.20. The summed E-state index contributed by atoms with van der Waals surface area (Å²) in [4.78, 5) is 8.61. The van der Waals surface area contributed by atoms with Gasteiger partial charge in [0.25, 0.3) is 0 Å². The van der Waals surface area contributed by atoms with Crippen molar-refractivity contribution in [1.29, 1.82) is 0 Å². The molecule has 0 saturated heterocycles. The van der Waals surface area contributed by atoms with Crippen LogP contribution in [-0.2, 0) is 11.2 Å². The Morgan fingerprint density at radius 2 is 1.82 bits per heavy atom. The number of nitrogens with one attached hydrogen (secondary N) is 2. The largest absolute Gasteiger partial charge is 0.497 e. The SMILES string of the molecule is COCCNc1ccnc(NCCc2ccc(OC)cc2)n1. The fourth-order valence-electron chi connectivity index (χ4n) is 1.93. The molecular weight excluding hydrogens is 280 g/mol. The van der Waals surface area contributed by atoms with E-state index in [0.29, 0.717) is 12.6 Å². The van der Waals surface area contributed by atoms with E-state index in [2.05, 4.69) is 32.7 Å². The zero-order valence-corrected chi connectivity index (χ0v) is 13.0.